The van der Waals surface area contributed by atoms with Crippen LogP contribution in [0.5, 0.6) is 0 Å². The van der Waals surface area contributed by atoms with Crippen molar-refractivity contribution in [2.75, 3.05) is 13.1 Å². The molecule has 1 unspecified atom stereocenters. The van der Waals surface area contributed by atoms with Crippen molar-refractivity contribution in [2.24, 2.45) is 5.73 Å². The molecule has 0 spiro atoms. The molecule has 1 saturated carbocycles. The Balaban J connectivity index is 2.37. The quantitative estimate of drug-likeness (QED) is 0.545. The highest BCUT2D eigenvalue weighted by molar-refractivity contribution is 5.84. The van der Waals surface area contributed by atoms with Gasteiger partial charge in [0.1, 0.15) is 0 Å². The molecule has 4 nitrogen and oxygen atoms in total. The summed E-state index contributed by atoms with van der Waals surface area (Å²) < 4.78 is 0. The van der Waals surface area contributed by atoms with Crippen molar-refractivity contribution >= 4 is 5.91 Å². The minimum Gasteiger partial charge on any atom is -0.368 e. The Kier molecular flexibility index (Phi) is 7.67. The van der Waals surface area contributed by atoms with E-state index in [1.807, 2.05) is 6.92 Å². The smallest absolute Gasteiger partial charge is 0.237 e. The first-order valence-electron chi connectivity index (χ1n) is 8.70. The minimum atomic E-state index is -0.534. The van der Waals surface area contributed by atoms with Gasteiger partial charge in [0.15, 0.2) is 0 Å². The van der Waals surface area contributed by atoms with E-state index < -0.39 is 5.54 Å². The van der Waals surface area contributed by atoms with Crippen LogP contribution in [0.1, 0.15) is 72.6 Å². The van der Waals surface area contributed by atoms with Crippen molar-refractivity contribution in [1.29, 1.82) is 0 Å². The Hall–Kier alpha value is -0.610. The van der Waals surface area contributed by atoms with Crippen LogP contribution in [0.3, 0.4) is 0 Å². The van der Waals surface area contributed by atoms with Gasteiger partial charge in [0, 0.05) is 12.1 Å². The molecule has 1 amide bonds. The molecule has 0 aromatic carbocycles. The van der Waals surface area contributed by atoms with Gasteiger partial charge < -0.3 is 16.0 Å². The monoisotopic (exact) mass is 297 g/mol. The number of hydrogen-bond acceptors (Lipinski definition) is 3. The van der Waals surface area contributed by atoms with Crippen molar-refractivity contribution in [1.82, 2.24) is 10.2 Å². The Morgan fingerprint density at radius 3 is 2.38 bits per heavy atom. The summed E-state index contributed by atoms with van der Waals surface area (Å²) in [6.07, 6.45) is 8.03. The van der Waals surface area contributed by atoms with Gasteiger partial charge in [-0.2, -0.15) is 0 Å². The van der Waals surface area contributed by atoms with Crippen LogP contribution in [0.4, 0.5) is 0 Å². The summed E-state index contributed by atoms with van der Waals surface area (Å²) in [7, 11) is 0. The highest BCUT2D eigenvalue weighted by Crippen LogP contribution is 2.24. The molecule has 1 aliphatic carbocycles. The second-order valence-corrected chi connectivity index (χ2v) is 7.06. The first-order valence-corrected chi connectivity index (χ1v) is 8.70. The van der Waals surface area contributed by atoms with Gasteiger partial charge in [0.25, 0.3) is 0 Å². The van der Waals surface area contributed by atoms with Crippen molar-refractivity contribution in [3.05, 3.63) is 0 Å². The van der Waals surface area contributed by atoms with E-state index in [1.165, 1.54) is 32.1 Å². The molecule has 0 bridgehead atoms. The van der Waals surface area contributed by atoms with E-state index in [4.69, 9.17) is 5.73 Å². The van der Waals surface area contributed by atoms with Crippen molar-refractivity contribution in [2.45, 2.75) is 90.3 Å². The molecule has 4 heteroatoms. The van der Waals surface area contributed by atoms with E-state index >= 15 is 0 Å². The third kappa shape index (κ3) is 6.79. The van der Waals surface area contributed by atoms with Crippen LogP contribution in [-0.4, -0.2) is 41.5 Å². The molecule has 1 rings (SSSR count). The fraction of sp³-hybridized carbons (Fsp3) is 0.941. The molecule has 0 aromatic rings. The summed E-state index contributed by atoms with van der Waals surface area (Å²) >= 11 is 0. The van der Waals surface area contributed by atoms with Gasteiger partial charge in [-0.15, -0.1) is 0 Å². The van der Waals surface area contributed by atoms with E-state index in [0.29, 0.717) is 12.1 Å². The second-order valence-electron chi connectivity index (χ2n) is 7.06. The molecule has 21 heavy (non-hydrogen) atoms. The highest BCUT2D eigenvalue weighted by Gasteiger charge is 2.36. The van der Waals surface area contributed by atoms with Crippen molar-refractivity contribution in [3.8, 4) is 0 Å². The lowest BCUT2D eigenvalue weighted by atomic mass is 9.94. The number of rotatable bonds is 12. The van der Waals surface area contributed by atoms with Gasteiger partial charge in [-0.05, 0) is 66.0 Å². The number of carbonyl (C=O) groups excluding carboxylic acids is 1. The number of unbranched alkanes of at least 4 members (excludes halogenated alkanes) is 2. The first-order chi connectivity index (χ1) is 9.89. The Morgan fingerprint density at radius 1 is 1.29 bits per heavy atom. The maximum atomic E-state index is 11.8. The van der Waals surface area contributed by atoms with Crippen LogP contribution in [0.2, 0.25) is 0 Å². The molecule has 0 aliphatic heterocycles. The number of primary amides is 1. The average molecular weight is 297 g/mol. The number of amides is 1. The zero-order valence-corrected chi connectivity index (χ0v) is 14.5. The summed E-state index contributed by atoms with van der Waals surface area (Å²) in [5, 5.41) is 3.43. The molecular formula is C17H35N3O. The van der Waals surface area contributed by atoms with Gasteiger partial charge >= 0.3 is 0 Å². The molecule has 3 N–H and O–H groups in total. The standard InChI is InChI=1S/C17H35N3O/c1-5-6-7-12-20(14(2)3)13-8-11-17(4,16(18)21)19-15-9-10-15/h14-15,19H,5-13H2,1-4H3,(H2,18,21). The summed E-state index contributed by atoms with van der Waals surface area (Å²) in [4.78, 5) is 14.3. The lowest BCUT2D eigenvalue weighted by Gasteiger charge is -2.31. The largest absolute Gasteiger partial charge is 0.368 e. The van der Waals surface area contributed by atoms with E-state index in [2.05, 4.69) is 31.0 Å². The highest BCUT2D eigenvalue weighted by atomic mass is 16.1. The maximum absolute atomic E-state index is 11.8. The van der Waals surface area contributed by atoms with E-state index in [-0.39, 0.29) is 5.91 Å². The second kappa shape index (κ2) is 8.74. The van der Waals surface area contributed by atoms with Crippen LogP contribution < -0.4 is 11.1 Å². The van der Waals surface area contributed by atoms with Gasteiger partial charge in [0.2, 0.25) is 5.91 Å². The molecular weight excluding hydrogens is 262 g/mol. The van der Waals surface area contributed by atoms with Crippen LogP contribution in [-0.2, 0) is 4.79 Å². The molecule has 0 radical (unpaired) electrons. The van der Waals surface area contributed by atoms with Gasteiger partial charge in [-0.1, -0.05) is 19.8 Å². The molecule has 124 valence electrons. The molecule has 1 aliphatic rings. The number of nitrogens with zero attached hydrogens (tertiary/aromatic N) is 1. The summed E-state index contributed by atoms with van der Waals surface area (Å²) in [5.41, 5.74) is 5.07. The van der Waals surface area contributed by atoms with E-state index in [0.717, 1.165) is 25.9 Å². The van der Waals surface area contributed by atoms with Gasteiger partial charge in [0.05, 0.1) is 5.54 Å². The zero-order valence-electron chi connectivity index (χ0n) is 14.5. The average Bonchev–Trinajstić information content (AvgIpc) is 3.20. The number of hydrogen-bond donors (Lipinski definition) is 2. The number of nitrogens with two attached hydrogens (primary N) is 1. The lowest BCUT2D eigenvalue weighted by molar-refractivity contribution is -0.124. The normalized spacial score (nSPS) is 18.2. The Morgan fingerprint density at radius 2 is 1.90 bits per heavy atom. The summed E-state index contributed by atoms with van der Waals surface area (Å²) in [6, 6.07) is 1.08. The molecule has 0 heterocycles. The summed E-state index contributed by atoms with van der Waals surface area (Å²) in [5.74, 6) is -0.212. The maximum Gasteiger partial charge on any atom is 0.237 e. The van der Waals surface area contributed by atoms with Gasteiger partial charge in [-0.3, -0.25) is 4.79 Å². The van der Waals surface area contributed by atoms with Crippen LogP contribution in [0.25, 0.3) is 0 Å². The van der Waals surface area contributed by atoms with Gasteiger partial charge in [-0.25, -0.2) is 0 Å². The Bertz CT molecular complexity index is 315. The number of carbonyl (C=O) groups is 1. The molecule has 1 atom stereocenters. The van der Waals surface area contributed by atoms with Crippen LogP contribution >= 0.6 is 0 Å². The minimum absolute atomic E-state index is 0.212. The third-order valence-electron chi connectivity index (χ3n) is 4.55. The zero-order chi connectivity index (χ0) is 15.9. The van der Waals surface area contributed by atoms with Crippen molar-refractivity contribution < 1.29 is 4.79 Å². The molecule has 0 saturated heterocycles. The molecule has 0 aromatic heterocycles. The predicted molar refractivity (Wildman–Crippen MR) is 89.2 cm³/mol. The summed E-state index contributed by atoms with van der Waals surface area (Å²) in [6.45, 7) is 10.9. The van der Waals surface area contributed by atoms with Crippen LogP contribution in [0.15, 0.2) is 0 Å². The van der Waals surface area contributed by atoms with E-state index in [1.54, 1.807) is 0 Å². The SMILES string of the molecule is CCCCCN(CCCC(C)(NC1CC1)C(N)=O)C(C)C. The predicted octanol–water partition coefficient (Wildman–Crippen LogP) is 2.66. The van der Waals surface area contributed by atoms with E-state index in [9.17, 15) is 4.79 Å². The topological polar surface area (TPSA) is 58.4 Å². The number of nitrogens with one attached hydrogen (secondary N) is 1. The fourth-order valence-corrected chi connectivity index (χ4v) is 2.77. The third-order valence-corrected chi connectivity index (χ3v) is 4.55. The van der Waals surface area contributed by atoms with Crippen molar-refractivity contribution in [3.63, 3.8) is 0 Å². The van der Waals surface area contributed by atoms with Crippen LogP contribution in [0, 0.1) is 0 Å². The fourth-order valence-electron chi connectivity index (χ4n) is 2.77. The lowest BCUT2D eigenvalue weighted by Crippen LogP contribution is -2.54. The first kappa shape index (κ1) is 18.4. The Labute approximate surface area is 130 Å². The molecule has 1 fully saturated rings.